The van der Waals surface area contributed by atoms with E-state index in [4.69, 9.17) is 0 Å². The van der Waals surface area contributed by atoms with Gasteiger partial charge in [-0.25, -0.2) is 8.42 Å². The molecule has 2 atom stereocenters. The monoisotopic (exact) mass is 443 g/mol. The molecule has 2 aromatic carbocycles. The molecule has 2 aromatic rings. The van der Waals surface area contributed by atoms with Crippen molar-refractivity contribution in [2.75, 3.05) is 22.1 Å². The van der Waals surface area contributed by atoms with Crippen LogP contribution in [0.2, 0.25) is 0 Å². The summed E-state index contributed by atoms with van der Waals surface area (Å²) in [6, 6.07) is 13.2. The van der Waals surface area contributed by atoms with Gasteiger partial charge in [0, 0.05) is 22.2 Å². The van der Waals surface area contributed by atoms with Crippen LogP contribution in [0.3, 0.4) is 0 Å². The average Bonchev–Trinajstić information content (AvgIpc) is 3.16. The van der Waals surface area contributed by atoms with Gasteiger partial charge in [-0.1, -0.05) is 43.8 Å². The van der Waals surface area contributed by atoms with Gasteiger partial charge in [-0.05, 0) is 48.2 Å². The van der Waals surface area contributed by atoms with Crippen LogP contribution in [0.1, 0.15) is 41.3 Å². The predicted octanol–water partition coefficient (Wildman–Crippen LogP) is 4.05. The third-order valence-electron chi connectivity index (χ3n) is 5.39. The second-order valence-electron chi connectivity index (χ2n) is 8.12. The smallest absolute Gasteiger partial charge is 0.255 e. The number of anilines is 2. The zero-order valence-corrected chi connectivity index (χ0v) is 18.8. The summed E-state index contributed by atoms with van der Waals surface area (Å²) in [5.41, 5.74) is 4.31. The molecule has 0 bridgehead atoms. The Labute approximate surface area is 181 Å². The molecule has 2 N–H and O–H groups in total. The summed E-state index contributed by atoms with van der Waals surface area (Å²) in [7, 11) is -2.97. The first kappa shape index (κ1) is 20.9. The van der Waals surface area contributed by atoms with E-state index >= 15 is 0 Å². The highest BCUT2D eigenvalue weighted by atomic mass is 32.2. The Hall–Kier alpha value is -2.32. The van der Waals surface area contributed by atoms with Gasteiger partial charge in [-0.3, -0.25) is 9.79 Å². The lowest BCUT2D eigenvalue weighted by Crippen LogP contribution is -2.14. The number of sulfone groups is 1. The number of nitrogens with one attached hydrogen (secondary N) is 2. The SMILES string of the molecule is Cc1ccc(C(=O)Nc2ccc(C(C)C)cc2)cc1NC1=N[C@@H]2CS(=O)(=O)C[C@@H]2S1. The van der Waals surface area contributed by atoms with Gasteiger partial charge in [0.25, 0.3) is 5.91 Å². The van der Waals surface area contributed by atoms with Crippen molar-refractivity contribution in [3.8, 4) is 0 Å². The molecule has 2 aliphatic rings. The zero-order chi connectivity index (χ0) is 21.5. The number of amidine groups is 1. The van der Waals surface area contributed by atoms with Crippen molar-refractivity contribution in [1.29, 1.82) is 0 Å². The third kappa shape index (κ3) is 4.54. The minimum Gasteiger partial charge on any atom is -0.335 e. The average molecular weight is 444 g/mol. The molecule has 0 aromatic heterocycles. The summed E-state index contributed by atoms with van der Waals surface area (Å²) in [6.45, 7) is 6.22. The Morgan fingerprint density at radius 2 is 1.87 bits per heavy atom. The first-order chi connectivity index (χ1) is 14.2. The van der Waals surface area contributed by atoms with E-state index < -0.39 is 9.84 Å². The Kier molecular flexibility index (Phi) is 5.63. The number of aryl methyl sites for hydroxylation is 1. The maximum atomic E-state index is 12.7. The Morgan fingerprint density at radius 1 is 1.13 bits per heavy atom. The van der Waals surface area contributed by atoms with Gasteiger partial charge in [0.2, 0.25) is 0 Å². The van der Waals surface area contributed by atoms with Gasteiger partial charge in [0.1, 0.15) is 0 Å². The van der Waals surface area contributed by atoms with E-state index in [1.54, 1.807) is 12.1 Å². The quantitative estimate of drug-likeness (QED) is 0.744. The van der Waals surface area contributed by atoms with Gasteiger partial charge in [-0.2, -0.15) is 0 Å². The normalized spacial score (nSPS) is 21.9. The number of hydrogen-bond acceptors (Lipinski definition) is 6. The lowest BCUT2D eigenvalue weighted by Gasteiger charge is -2.12. The molecule has 2 aliphatic heterocycles. The molecule has 8 heteroatoms. The van der Waals surface area contributed by atoms with Gasteiger partial charge >= 0.3 is 0 Å². The highest BCUT2D eigenvalue weighted by Gasteiger charge is 2.42. The van der Waals surface area contributed by atoms with Crippen LogP contribution in [0, 0.1) is 6.92 Å². The van der Waals surface area contributed by atoms with Crippen molar-refractivity contribution in [1.82, 2.24) is 0 Å². The number of hydrogen-bond donors (Lipinski definition) is 2. The number of fused-ring (bicyclic) bond motifs is 1. The summed E-state index contributed by atoms with van der Waals surface area (Å²) in [5.74, 6) is 0.553. The second-order valence-corrected chi connectivity index (χ2v) is 11.5. The van der Waals surface area contributed by atoms with E-state index in [1.165, 1.54) is 17.3 Å². The molecule has 4 rings (SSSR count). The molecule has 0 spiro atoms. The number of rotatable bonds is 4. The minimum absolute atomic E-state index is 0.0156. The molecule has 1 fully saturated rings. The zero-order valence-electron chi connectivity index (χ0n) is 17.2. The van der Waals surface area contributed by atoms with Crippen LogP contribution in [0.5, 0.6) is 0 Å². The molecular weight excluding hydrogens is 418 g/mol. The summed E-state index contributed by atoms with van der Waals surface area (Å²) in [4.78, 5) is 17.3. The molecule has 0 unspecified atom stereocenters. The number of thioether (sulfide) groups is 1. The molecule has 0 aliphatic carbocycles. The topological polar surface area (TPSA) is 87.6 Å². The molecule has 0 saturated carbocycles. The first-order valence-electron chi connectivity index (χ1n) is 9.94. The van der Waals surface area contributed by atoms with Crippen LogP contribution < -0.4 is 10.6 Å². The number of carbonyl (C=O) groups excluding carboxylic acids is 1. The fourth-order valence-electron chi connectivity index (χ4n) is 3.58. The second kappa shape index (κ2) is 8.07. The molecule has 30 heavy (non-hydrogen) atoms. The van der Waals surface area contributed by atoms with Crippen molar-refractivity contribution < 1.29 is 13.2 Å². The fraction of sp³-hybridized carbons (Fsp3) is 0.364. The number of amides is 1. The highest BCUT2D eigenvalue weighted by molar-refractivity contribution is 8.15. The van der Waals surface area contributed by atoms with Crippen molar-refractivity contribution in [3.05, 3.63) is 59.2 Å². The van der Waals surface area contributed by atoms with E-state index in [-0.39, 0.29) is 28.7 Å². The minimum atomic E-state index is -2.97. The number of aliphatic imine (C=N–C) groups is 1. The van der Waals surface area contributed by atoms with E-state index in [1.807, 2.05) is 37.3 Å². The van der Waals surface area contributed by atoms with E-state index in [2.05, 4.69) is 29.5 Å². The van der Waals surface area contributed by atoms with Crippen LogP contribution >= 0.6 is 11.8 Å². The van der Waals surface area contributed by atoms with Crippen molar-refractivity contribution in [2.45, 2.75) is 38.0 Å². The highest BCUT2D eigenvalue weighted by Crippen LogP contribution is 2.35. The molecule has 6 nitrogen and oxygen atoms in total. The third-order valence-corrected chi connectivity index (χ3v) is 8.54. The van der Waals surface area contributed by atoms with E-state index in [0.29, 0.717) is 16.6 Å². The largest absolute Gasteiger partial charge is 0.335 e. The molecule has 158 valence electrons. The van der Waals surface area contributed by atoms with Crippen molar-refractivity contribution in [2.24, 2.45) is 4.99 Å². The molecule has 2 heterocycles. The van der Waals surface area contributed by atoms with Crippen LogP contribution in [-0.4, -0.2) is 42.3 Å². The van der Waals surface area contributed by atoms with Crippen LogP contribution in [0.4, 0.5) is 11.4 Å². The number of nitrogens with zero attached hydrogens (tertiary/aromatic N) is 1. The van der Waals surface area contributed by atoms with Crippen LogP contribution in [-0.2, 0) is 9.84 Å². The number of benzene rings is 2. The molecule has 1 saturated heterocycles. The van der Waals surface area contributed by atoms with Crippen LogP contribution in [0.25, 0.3) is 0 Å². The summed E-state index contributed by atoms with van der Waals surface area (Å²) in [6.07, 6.45) is 0. The van der Waals surface area contributed by atoms with Gasteiger partial charge in [-0.15, -0.1) is 0 Å². The van der Waals surface area contributed by atoms with Crippen molar-refractivity contribution in [3.63, 3.8) is 0 Å². The van der Waals surface area contributed by atoms with Gasteiger partial charge < -0.3 is 10.6 Å². The first-order valence-corrected chi connectivity index (χ1v) is 12.6. The number of carbonyl (C=O) groups is 1. The molecule has 0 radical (unpaired) electrons. The van der Waals surface area contributed by atoms with Gasteiger partial charge in [0.15, 0.2) is 15.0 Å². The van der Waals surface area contributed by atoms with Gasteiger partial charge in [0.05, 0.1) is 17.5 Å². The molecular formula is C22H25N3O3S2. The Balaban J connectivity index is 1.46. The summed E-state index contributed by atoms with van der Waals surface area (Å²) in [5, 5.41) is 6.92. The van der Waals surface area contributed by atoms with Crippen molar-refractivity contribution >= 4 is 44.0 Å². The lowest BCUT2D eigenvalue weighted by atomic mass is 10.0. The van der Waals surface area contributed by atoms with E-state index in [9.17, 15) is 13.2 Å². The summed E-state index contributed by atoms with van der Waals surface area (Å²) >= 11 is 1.47. The maximum absolute atomic E-state index is 12.7. The summed E-state index contributed by atoms with van der Waals surface area (Å²) < 4.78 is 23.5. The van der Waals surface area contributed by atoms with E-state index in [0.717, 1.165) is 16.9 Å². The molecule has 1 amide bonds. The maximum Gasteiger partial charge on any atom is 0.255 e. The standard InChI is InChI=1S/C22H25N3O3S2/c1-13(2)15-6-8-17(9-7-15)23-21(26)16-5-4-14(3)18(10-16)24-22-25-19-11-30(27,28)12-20(19)29-22/h4-10,13,19-20H,11-12H2,1-3H3,(H,23,26)(H,24,25)/t19-,20+/m1/s1. The lowest BCUT2D eigenvalue weighted by molar-refractivity contribution is 0.102. The van der Waals surface area contributed by atoms with Crippen LogP contribution in [0.15, 0.2) is 47.5 Å². The Bertz CT molecular complexity index is 1110. The predicted molar refractivity (Wildman–Crippen MR) is 125 cm³/mol. The fourth-order valence-corrected chi connectivity index (χ4v) is 7.25. The Morgan fingerprint density at radius 3 is 2.53 bits per heavy atom.